The zero-order chi connectivity index (χ0) is 31.8. The molecule has 2 amide bonds. The number of rotatable bonds is 6. The van der Waals surface area contributed by atoms with E-state index in [0.29, 0.717) is 27.8 Å². The number of ether oxygens (including phenoxy) is 1. The van der Waals surface area contributed by atoms with Crippen molar-refractivity contribution in [2.45, 2.75) is 51.3 Å². The summed E-state index contributed by atoms with van der Waals surface area (Å²) in [7, 11) is 0. The molecular formula is C29H31ClF3N5O5. The Morgan fingerprint density at radius 1 is 0.977 bits per heavy atom. The molecule has 1 fully saturated rings. The lowest BCUT2D eigenvalue weighted by molar-refractivity contribution is -0.192. The maximum atomic E-state index is 13.4. The number of halogens is 4. The normalized spacial score (nSPS) is 13.7. The minimum Gasteiger partial charge on any atom is -0.489 e. The Bertz CT molecular complexity index is 1440. The van der Waals surface area contributed by atoms with E-state index in [1.165, 1.54) is 18.6 Å². The number of nitrogens with one attached hydrogen (secondary N) is 3. The fourth-order valence-corrected chi connectivity index (χ4v) is 3.99. The third-order valence-corrected chi connectivity index (χ3v) is 6.42. The lowest BCUT2D eigenvalue weighted by Crippen LogP contribution is -2.34. The molecule has 0 saturated carbocycles. The number of hydrogen-bond donors (Lipinski definition) is 4. The van der Waals surface area contributed by atoms with Gasteiger partial charge in [0.1, 0.15) is 17.7 Å². The van der Waals surface area contributed by atoms with Gasteiger partial charge in [-0.3, -0.25) is 14.6 Å². The summed E-state index contributed by atoms with van der Waals surface area (Å²) >= 11 is 5.87. The fourth-order valence-electron chi connectivity index (χ4n) is 3.87. The van der Waals surface area contributed by atoms with Crippen molar-refractivity contribution in [1.29, 1.82) is 0 Å². The molecule has 0 atom stereocenters. The largest absolute Gasteiger partial charge is 0.490 e. The number of nitrogens with zero attached hydrogens (tertiary/aromatic N) is 2. The molecule has 4 N–H and O–H groups in total. The summed E-state index contributed by atoms with van der Waals surface area (Å²) in [6, 6.07) is 10.5. The first kappa shape index (κ1) is 33.3. The van der Waals surface area contributed by atoms with Gasteiger partial charge < -0.3 is 25.8 Å². The number of piperidine rings is 1. The summed E-state index contributed by atoms with van der Waals surface area (Å²) in [6.07, 6.45) is 1.04. The van der Waals surface area contributed by atoms with Gasteiger partial charge in [-0.15, -0.1) is 0 Å². The lowest BCUT2D eigenvalue weighted by atomic mass is 9.86. The summed E-state index contributed by atoms with van der Waals surface area (Å²) in [5, 5.41) is 16.5. The first-order chi connectivity index (χ1) is 20.1. The quantitative estimate of drug-likeness (QED) is 0.275. The van der Waals surface area contributed by atoms with Crippen LogP contribution in [0.3, 0.4) is 0 Å². The average molecular weight is 622 g/mol. The highest BCUT2D eigenvalue weighted by Crippen LogP contribution is 2.31. The van der Waals surface area contributed by atoms with E-state index in [2.05, 4.69) is 46.7 Å². The third kappa shape index (κ3) is 9.93. The number of hydrogen-bond acceptors (Lipinski definition) is 7. The molecule has 0 radical (unpaired) electrons. The smallest absolute Gasteiger partial charge is 0.489 e. The Hall–Kier alpha value is -4.23. The Labute approximate surface area is 251 Å². The van der Waals surface area contributed by atoms with E-state index >= 15 is 0 Å². The van der Waals surface area contributed by atoms with Gasteiger partial charge in [-0.1, -0.05) is 38.4 Å². The standard InChI is InChI=1S/C27H30ClN5O3.C2HF3O2/c1-27(2,3)17-4-6-20(23(14-17)36-19-8-11-29-12-9-19)25(34)32-22-10-13-30-16-21(22)26(35)33-24-7-5-18(28)15-31-24;3-2(4,5)1(6)7/h4-7,10,13-16,19,29H,8-9,11-12H2,1-3H3,(H,30,32,34)(H,31,33,35);(H,6,7). The van der Waals surface area contributed by atoms with Crippen molar-refractivity contribution in [3.8, 4) is 5.75 Å². The molecule has 2 aromatic heterocycles. The van der Waals surface area contributed by atoms with E-state index in [-0.39, 0.29) is 23.0 Å². The van der Waals surface area contributed by atoms with Crippen LogP contribution in [0.15, 0.2) is 55.0 Å². The summed E-state index contributed by atoms with van der Waals surface area (Å²) in [5.41, 5.74) is 1.91. The summed E-state index contributed by atoms with van der Waals surface area (Å²) in [4.78, 5) is 43.4. The number of anilines is 2. The topological polar surface area (TPSA) is 143 Å². The molecule has 43 heavy (non-hydrogen) atoms. The molecule has 0 unspecified atom stereocenters. The van der Waals surface area contributed by atoms with Gasteiger partial charge in [-0.25, -0.2) is 9.78 Å². The van der Waals surface area contributed by atoms with Crippen LogP contribution in [-0.2, 0) is 10.2 Å². The summed E-state index contributed by atoms with van der Waals surface area (Å²) in [5.74, 6) is -2.71. The van der Waals surface area contributed by atoms with Gasteiger partial charge in [0, 0.05) is 18.6 Å². The Balaban J connectivity index is 0.000000646. The van der Waals surface area contributed by atoms with Crippen LogP contribution in [0.1, 0.15) is 59.9 Å². The van der Waals surface area contributed by atoms with Gasteiger partial charge in [0.05, 0.1) is 21.8 Å². The Morgan fingerprint density at radius 3 is 2.21 bits per heavy atom. The SMILES string of the molecule is CC(C)(C)c1ccc(C(=O)Nc2ccncc2C(=O)Nc2ccc(Cl)cn2)c(OC2CCNCC2)c1.O=C(O)C(F)(F)F. The van der Waals surface area contributed by atoms with Crippen LogP contribution < -0.4 is 20.7 Å². The molecule has 0 spiro atoms. The van der Waals surface area contributed by atoms with Gasteiger partial charge in [-0.2, -0.15) is 13.2 Å². The van der Waals surface area contributed by atoms with E-state index in [1.807, 2.05) is 12.1 Å². The van der Waals surface area contributed by atoms with Crippen LogP contribution >= 0.6 is 11.6 Å². The maximum Gasteiger partial charge on any atom is 0.490 e. The lowest BCUT2D eigenvalue weighted by Gasteiger charge is -2.27. The molecule has 1 saturated heterocycles. The molecule has 0 aliphatic carbocycles. The molecule has 3 aromatic rings. The van der Waals surface area contributed by atoms with Gasteiger partial charge in [0.2, 0.25) is 0 Å². The van der Waals surface area contributed by atoms with E-state index < -0.39 is 18.1 Å². The number of carboxylic acids is 1. The van der Waals surface area contributed by atoms with Crippen LogP contribution in [0.4, 0.5) is 24.7 Å². The molecule has 230 valence electrons. The summed E-state index contributed by atoms with van der Waals surface area (Å²) < 4.78 is 38.1. The first-order valence-corrected chi connectivity index (χ1v) is 13.5. The van der Waals surface area contributed by atoms with Crippen molar-refractivity contribution in [3.05, 3.63) is 76.7 Å². The molecule has 3 heterocycles. The van der Waals surface area contributed by atoms with Crippen LogP contribution in [0.2, 0.25) is 5.02 Å². The van der Waals surface area contributed by atoms with Gasteiger partial charge in [0.25, 0.3) is 11.8 Å². The number of carbonyl (C=O) groups is 3. The van der Waals surface area contributed by atoms with Crippen molar-refractivity contribution in [2.24, 2.45) is 0 Å². The number of carboxylic acid groups (broad SMARTS) is 1. The van der Waals surface area contributed by atoms with Crippen LogP contribution in [0.25, 0.3) is 0 Å². The number of benzene rings is 1. The predicted molar refractivity (Wildman–Crippen MR) is 155 cm³/mol. The summed E-state index contributed by atoms with van der Waals surface area (Å²) in [6.45, 7) is 8.11. The molecule has 14 heteroatoms. The minimum atomic E-state index is -5.08. The highest BCUT2D eigenvalue weighted by atomic mass is 35.5. The minimum absolute atomic E-state index is 0.0298. The highest BCUT2D eigenvalue weighted by molar-refractivity contribution is 6.30. The second-order valence-electron chi connectivity index (χ2n) is 10.5. The first-order valence-electron chi connectivity index (χ1n) is 13.2. The number of carbonyl (C=O) groups excluding carboxylic acids is 2. The van der Waals surface area contributed by atoms with E-state index in [0.717, 1.165) is 31.5 Å². The maximum absolute atomic E-state index is 13.4. The number of amides is 2. The monoisotopic (exact) mass is 621 g/mol. The molecule has 1 aromatic carbocycles. The molecule has 1 aliphatic rings. The zero-order valence-corrected chi connectivity index (χ0v) is 24.3. The van der Waals surface area contributed by atoms with Crippen molar-refractivity contribution in [2.75, 3.05) is 23.7 Å². The number of alkyl halides is 3. The molecule has 10 nitrogen and oxygen atoms in total. The van der Waals surface area contributed by atoms with Crippen molar-refractivity contribution < 1.29 is 37.4 Å². The Morgan fingerprint density at radius 2 is 1.63 bits per heavy atom. The molecule has 4 rings (SSSR count). The number of pyridine rings is 2. The number of aromatic nitrogens is 2. The van der Waals surface area contributed by atoms with Crippen molar-refractivity contribution >= 4 is 40.9 Å². The average Bonchev–Trinajstić information content (AvgIpc) is 2.94. The van der Waals surface area contributed by atoms with Crippen molar-refractivity contribution in [1.82, 2.24) is 15.3 Å². The van der Waals surface area contributed by atoms with E-state index in [4.69, 9.17) is 26.2 Å². The van der Waals surface area contributed by atoms with Gasteiger partial charge in [0.15, 0.2) is 0 Å². The number of aliphatic carboxylic acids is 1. The van der Waals surface area contributed by atoms with E-state index in [9.17, 15) is 22.8 Å². The van der Waals surface area contributed by atoms with Crippen LogP contribution in [0, 0.1) is 0 Å². The van der Waals surface area contributed by atoms with Gasteiger partial charge in [-0.05, 0) is 67.2 Å². The second-order valence-corrected chi connectivity index (χ2v) is 11.0. The molecule has 1 aliphatic heterocycles. The van der Waals surface area contributed by atoms with Gasteiger partial charge >= 0.3 is 12.1 Å². The highest BCUT2D eigenvalue weighted by Gasteiger charge is 2.38. The van der Waals surface area contributed by atoms with E-state index in [1.54, 1.807) is 24.3 Å². The van der Waals surface area contributed by atoms with Crippen LogP contribution in [-0.4, -0.2) is 58.2 Å². The molecule has 0 bridgehead atoms. The van der Waals surface area contributed by atoms with Crippen molar-refractivity contribution in [3.63, 3.8) is 0 Å². The fraction of sp³-hybridized carbons (Fsp3) is 0.345. The Kier molecular flexibility index (Phi) is 11.1. The molecular weight excluding hydrogens is 591 g/mol. The zero-order valence-electron chi connectivity index (χ0n) is 23.6. The third-order valence-electron chi connectivity index (χ3n) is 6.20. The van der Waals surface area contributed by atoms with Crippen LogP contribution in [0.5, 0.6) is 5.75 Å². The predicted octanol–water partition coefficient (Wildman–Crippen LogP) is 5.70. The second kappa shape index (κ2) is 14.3.